The van der Waals surface area contributed by atoms with Crippen molar-refractivity contribution in [3.8, 4) is 0 Å². The van der Waals surface area contributed by atoms with Crippen molar-refractivity contribution >= 4 is 29.2 Å². The van der Waals surface area contributed by atoms with Gasteiger partial charge in [-0.2, -0.15) is 11.8 Å². The fourth-order valence-corrected chi connectivity index (χ4v) is 1.76. The van der Waals surface area contributed by atoms with Gasteiger partial charge in [-0.15, -0.1) is 0 Å². The lowest BCUT2D eigenvalue weighted by atomic mass is 10.2. The summed E-state index contributed by atoms with van der Waals surface area (Å²) in [5.74, 6) is 1.90. The summed E-state index contributed by atoms with van der Waals surface area (Å²) in [6.07, 6.45) is 3.65. The molecule has 0 saturated carbocycles. The van der Waals surface area contributed by atoms with Crippen LogP contribution < -0.4 is 4.90 Å². The van der Waals surface area contributed by atoms with Crippen LogP contribution in [0.15, 0.2) is 12.3 Å². The van der Waals surface area contributed by atoms with E-state index in [-0.39, 0.29) is 6.61 Å². The number of nitrogens with zero attached hydrogens (tertiary/aromatic N) is 2. The van der Waals surface area contributed by atoms with E-state index in [0.29, 0.717) is 5.02 Å². The summed E-state index contributed by atoms with van der Waals surface area (Å²) in [6.45, 7) is 0.880. The van der Waals surface area contributed by atoms with Crippen molar-refractivity contribution in [1.29, 1.82) is 0 Å². The fourth-order valence-electron chi connectivity index (χ4n) is 1.14. The quantitative estimate of drug-likeness (QED) is 0.863. The third kappa shape index (κ3) is 3.55. The molecule has 1 heterocycles. The summed E-state index contributed by atoms with van der Waals surface area (Å²) >= 11 is 7.65. The van der Waals surface area contributed by atoms with Gasteiger partial charge in [0.05, 0.1) is 11.6 Å². The monoisotopic (exact) mass is 246 g/mol. The topological polar surface area (TPSA) is 36.4 Å². The molecule has 0 unspecified atom stereocenters. The van der Waals surface area contributed by atoms with Crippen molar-refractivity contribution in [3.05, 3.63) is 22.8 Å². The second-order valence-corrected chi connectivity index (χ2v) is 4.60. The maximum absolute atomic E-state index is 9.07. The van der Waals surface area contributed by atoms with E-state index in [1.165, 1.54) is 0 Å². The standard InChI is InChI=1S/C10H15ClN2OS/c1-13(3-4-15-2)10-5-8(7-14)9(11)6-12-10/h5-6,14H,3-4,7H2,1-2H3. The van der Waals surface area contributed by atoms with Crippen molar-refractivity contribution in [1.82, 2.24) is 4.98 Å². The predicted octanol–water partition coefficient (Wildman–Crippen LogP) is 2.03. The van der Waals surface area contributed by atoms with E-state index in [1.54, 1.807) is 18.0 Å². The lowest BCUT2D eigenvalue weighted by molar-refractivity contribution is 0.282. The summed E-state index contributed by atoms with van der Waals surface area (Å²) in [7, 11) is 1.98. The molecule has 0 atom stereocenters. The summed E-state index contributed by atoms with van der Waals surface area (Å²) in [5.41, 5.74) is 0.720. The van der Waals surface area contributed by atoms with E-state index in [1.807, 2.05) is 18.0 Å². The predicted molar refractivity (Wildman–Crippen MR) is 66.8 cm³/mol. The molecule has 1 N–H and O–H groups in total. The Morgan fingerprint density at radius 1 is 1.60 bits per heavy atom. The zero-order chi connectivity index (χ0) is 11.3. The smallest absolute Gasteiger partial charge is 0.128 e. The molecule has 3 nitrogen and oxygen atoms in total. The molecule has 84 valence electrons. The molecule has 0 amide bonds. The Labute approximate surface area is 99.5 Å². The van der Waals surface area contributed by atoms with Gasteiger partial charge in [-0.05, 0) is 12.3 Å². The molecule has 0 fully saturated rings. The van der Waals surface area contributed by atoms with E-state index in [4.69, 9.17) is 16.7 Å². The number of halogens is 1. The highest BCUT2D eigenvalue weighted by Gasteiger charge is 2.05. The molecule has 0 radical (unpaired) electrons. The molecular weight excluding hydrogens is 232 g/mol. The van der Waals surface area contributed by atoms with Gasteiger partial charge in [0, 0.05) is 31.1 Å². The molecule has 1 aromatic heterocycles. The summed E-state index contributed by atoms with van der Waals surface area (Å²) in [4.78, 5) is 6.26. The van der Waals surface area contributed by atoms with Crippen LogP contribution in [0.5, 0.6) is 0 Å². The van der Waals surface area contributed by atoms with Crippen molar-refractivity contribution in [2.75, 3.05) is 30.5 Å². The number of rotatable bonds is 5. The number of aliphatic hydroxyl groups is 1. The number of anilines is 1. The molecule has 0 aromatic carbocycles. The van der Waals surface area contributed by atoms with Crippen LogP contribution in [-0.4, -0.2) is 35.7 Å². The van der Waals surface area contributed by atoms with E-state index in [0.717, 1.165) is 23.7 Å². The van der Waals surface area contributed by atoms with Crippen LogP contribution >= 0.6 is 23.4 Å². The number of aliphatic hydroxyl groups excluding tert-OH is 1. The highest BCUT2D eigenvalue weighted by Crippen LogP contribution is 2.19. The molecule has 0 aliphatic carbocycles. The maximum Gasteiger partial charge on any atom is 0.128 e. The second-order valence-electron chi connectivity index (χ2n) is 3.21. The van der Waals surface area contributed by atoms with Gasteiger partial charge in [0.25, 0.3) is 0 Å². The molecular formula is C10H15ClN2OS. The van der Waals surface area contributed by atoms with Crippen LogP contribution in [0, 0.1) is 0 Å². The van der Waals surface area contributed by atoms with Gasteiger partial charge in [0.2, 0.25) is 0 Å². The Morgan fingerprint density at radius 2 is 2.33 bits per heavy atom. The Morgan fingerprint density at radius 3 is 2.93 bits per heavy atom. The van der Waals surface area contributed by atoms with Crippen LogP contribution in [0.4, 0.5) is 5.82 Å². The van der Waals surface area contributed by atoms with Crippen molar-refractivity contribution in [3.63, 3.8) is 0 Å². The Hall–Kier alpha value is -0.450. The molecule has 5 heteroatoms. The van der Waals surface area contributed by atoms with Gasteiger partial charge in [0.15, 0.2) is 0 Å². The molecule has 0 spiro atoms. The van der Waals surface area contributed by atoms with E-state index in [2.05, 4.69) is 11.2 Å². The number of aromatic nitrogens is 1. The van der Waals surface area contributed by atoms with Gasteiger partial charge in [-0.3, -0.25) is 0 Å². The average Bonchev–Trinajstić information content (AvgIpc) is 2.26. The van der Waals surface area contributed by atoms with E-state index < -0.39 is 0 Å². The molecule has 15 heavy (non-hydrogen) atoms. The van der Waals surface area contributed by atoms with Crippen LogP contribution in [0.3, 0.4) is 0 Å². The first-order chi connectivity index (χ1) is 7.19. The third-order valence-electron chi connectivity index (χ3n) is 2.11. The lowest BCUT2D eigenvalue weighted by Crippen LogP contribution is -2.21. The Balaban J connectivity index is 2.76. The summed E-state index contributed by atoms with van der Waals surface area (Å²) in [5, 5.41) is 9.58. The number of pyridine rings is 1. The minimum Gasteiger partial charge on any atom is -0.392 e. The van der Waals surface area contributed by atoms with Crippen LogP contribution in [0.2, 0.25) is 5.02 Å². The molecule has 0 bridgehead atoms. The van der Waals surface area contributed by atoms with Gasteiger partial charge in [-0.25, -0.2) is 4.98 Å². The SMILES string of the molecule is CSCCN(C)c1cc(CO)c(Cl)cn1. The Kier molecular flexibility index (Phi) is 5.22. The van der Waals surface area contributed by atoms with E-state index in [9.17, 15) is 0 Å². The summed E-state index contributed by atoms with van der Waals surface area (Å²) in [6, 6.07) is 1.82. The highest BCUT2D eigenvalue weighted by atomic mass is 35.5. The van der Waals surface area contributed by atoms with E-state index >= 15 is 0 Å². The third-order valence-corrected chi connectivity index (χ3v) is 3.04. The minimum atomic E-state index is -0.0509. The zero-order valence-electron chi connectivity index (χ0n) is 8.90. The van der Waals surface area contributed by atoms with Crippen molar-refractivity contribution in [2.24, 2.45) is 0 Å². The number of hydrogen-bond donors (Lipinski definition) is 1. The molecule has 1 aromatic rings. The first-order valence-corrected chi connectivity index (χ1v) is 6.41. The minimum absolute atomic E-state index is 0.0509. The number of thioether (sulfide) groups is 1. The normalized spacial score (nSPS) is 10.4. The van der Waals surface area contributed by atoms with Crippen molar-refractivity contribution in [2.45, 2.75) is 6.61 Å². The fraction of sp³-hybridized carbons (Fsp3) is 0.500. The van der Waals surface area contributed by atoms with Crippen LogP contribution in [0.25, 0.3) is 0 Å². The van der Waals surface area contributed by atoms with Crippen LogP contribution in [-0.2, 0) is 6.61 Å². The van der Waals surface area contributed by atoms with Gasteiger partial charge < -0.3 is 10.0 Å². The molecule has 1 rings (SSSR count). The second kappa shape index (κ2) is 6.20. The molecule has 0 aliphatic heterocycles. The first kappa shape index (κ1) is 12.6. The van der Waals surface area contributed by atoms with Gasteiger partial charge in [-0.1, -0.05) is 11.6 Å². The van der Waals surface area contributed by atoms with Gasteiger partial charge >= 0.3 is 0 Å². The Bertz CT molecular complexity index is 322. The summed E-state index contributed by atoms with van der Waals surface area (Å²) < 4.78 is 0. The molecule has 0 aliphatic rings. The van der Waals surface area contributed by atoms with Crippen molar-refractivity contribution < 1.29 is 5.11 Å². The van der Waals surface area contributed by atoms with Gasteiger partial charge in [0.1, 0.15) is 5.82 Å². The number of hydrogen-bond acceptors (Lipinski definition) is 4. The first-order valence-electron chi connectivity index (χ1n) is 4.64. The highest BCUT2D eigenvalue weighted by molar-refractivity contribution is 7.98. The molecule has 0 saturated heterocycles. The zero-order valence-corrected chi connectivity index (χ0v) is 10.5. The lowest BCUT2D eigenvalue weighted by Gasteiger charge is -2.18. The largest absolute Gasteiger partial charge is 0.392 e. The van der Waals surface area contributed by atoms with Crippen LogP contribution in [0.1, 0.15) is 5.56 Å². The average molecular weight is 247 g/mol. The maximum atomic E-state index is 9.07.